The molecule has 0 saturated heterocycles. The lowest BCUT2D eigenvalue weighted by atomic mass is 10.0. The summed E-state index contributed by atoms with van der Waals surface area (Å²) >= 11 is 1.63. The Morgan fingerprint density at radius 2 is 0.709 bits per heavy atom. The van der Waals surface area contributed by atoms with Crippen LogP contribution in [0.1, 0.15) is 0 Å². The molecule has 0 aliphatic heterocycles. The van der Waals surface area contributed by atoms with E-state index in [-0.39, 0.29) is 0 Å². The Bertz CT molecular complexity index is 2930. The van der Waals surface area contributed by atoms with E-state index in [1.807, 2.05) is 103 Å². The molecule has 6 nitrogen and oxygen atoms in total. The van der Waals surface area contributed by atoms with Crippen LogP contribution in [0.15, 0.2) is 182 Å². The molecule has 0 unspecified atom stereocenters. The molecule has 0 amide bonds. The van der Waals surface area contributed by atoms with Crippen molar-refractivity contribution in [1.29, 1.82) is 0 Å². The molecule has 0 atom stereocenters. The molecule has 0 N–H and O–H groups in total. The van der Waals surface area contributed by atoms with Gasteiger partial charge in [0.15, 0.2) is 23.3 Å². The van der Waals surface area contributed by atoms with Crippen molar-refractivity contribution in [3.05, 3.63) is 182 Å². The average Bonchev–Trinajstić information content (AvgIpc) is 3.65. The highest BCUT2D eigenvalue weighted by atomic mass is 32.1. The molecule has 0 saturated carbocycles. The Kier molecular flexibility index (Phi) is 8.24. The Hall–Kier alpha value is -7.22. The van der Waals surface area contributed by atoms with Gasteiger partial charge in [-0.15, -0.1) is 11.3 Å². The summed E-state index contributed by atoms with van der Waals surface area (Å²) in [6, 6.07) is 59.8. The Morgan fingerprint density at radius 1 is 0.327 bits per heavy atom. The SMILES string of the molecule is c1ccc(-c2ccc(-c3nc(-c4ccccc4)nc(-c4ccc(-c5nc(-c6ccccc6)c6sc7ncc(-c8ccccc8)cc7c6n5)cc4)n3)cc2)cc1. The van der Waals surface area contributed by atoms with E-state index >= 15 is 0 Å². The maximum atomic E-state index is 5.21. The largest absolute Gasteiger partial charge is 0.245 e. The van der Waals surface area contributed by atoms with Crippen LogP contribution in [0.3, 0.4) is 0 Å². The van der Waals surface area contributed by atoms with E-state index in [0.717, 1.165) is 76.2 Å². The third-order valence-corrected chi connectivity index (χ3v) is 10.8. The van der Waals surface area contributed by atoms with Crippen molar-refractivity contribution in [2.24, 2.45) is 0 Å². The van der Waals surface area contributed by atoms with Crippen molar-refractivity contribution in [1.82, 2.24) is 29.9 Å². The zero-order chi connectivity index (χ0) is 36.6. The minimum atomic E-state index is 0.590. The van der Waals surface area contributed by atoms with Gasteiger partial charge in [0.1, 0.15) is 4.83 Å². The summed E-state index contributed by atoms with van der Waals surface area (Å²) in [5.41, 5.74) is 10.9. The lowest BCUT2D eigenvalue weighted by Gasteiger charge is -2.10. The fourth-order valence-electron chi connectivity index (χ4n) is 6.80. The van der Waals surface area contributed by atoms with Crippen LogP contribution >= 0.6 is 11.3 Å². The number of benzene rings is 6. The van der Waals surface area contributed by atoms with Gasteiger partial charge in [0, 0.05) is 45.0 Å². The number of rotatable bonds is 7. The Morgan fingerprint density at radius 3 is 1.22 bits per heavy atom. The zero-order valence-electron chi connectivity index (χ0n) is 29.4. The molecule has 6 aromatic carbocycles. The number of fused-ring (bicyclic) bond motifs is 3. The van der Waals surface area contributed by atoms with Crippen LogP contribution in [0.25, 0.3) is 99.5 Å². The third-order valence-electron chi connectivity index (χ3n) is 9.64. The quantitative estimate of drug-likeness (QED) is 0.163. The van der Waals surface area contributed by atoms with Crippen molar-refractivity contribution < 1.29 is 0 Å². The Balaban J connectivity index is 1.07. The van der Waals surface area contributed by atoms with E-state index < -0.39 is 0 Å². The van der Waals surface area contributed by atoms with Crippen LogP contribution < -0.4 is 0 Å². The first-order chi connectivity index (χ1) is 27.2. The van der Waals surface area contributed by atoms with Gasteiger partial charge in [-0.2, -0.15) is 0 Å². The molecular weight excluding hydrogens is 693 g/mol. The molecule has 0 bridgehead atoms. The molecule has 10 aromatic rings. The van der Waals surface area contributed by atoms with Gasteiger partial charge in [-0.25, -0.2) is 29.9 Å². The number of aromatic nitrogens is 6. The molecule has 0 fully saturated rings. The number of nitrogens with zero attached hydrogens (tertiary/aromatic N) is 6. The number of hydrogen-bond donors (Lipinski definition) is 0. The van der Waals surface area contributed by atoms with E-state index in [4.69, 9.17) is 29.9 Å². The molecule has 4 heterocycles. The van der Waals surface area contributed by atoms with Crippen molar-refractivity contribution in [3.63, 3.8) is 0 Å². The smallest absolute Gasteiger partial charge is 0.164 e. The number of hydrogen-bond acceptors (Lipinski definition) is 7. The average molecular weight is 723 g/mol. The predicted octanol–water partition coefficient (Wildman–Crippen LogP) is 12.1. The minimum absolute atomic E-state index is 0.590. The zero-order valence-corrected chi connectivity index (χ0v) is 30.2. The van der Waals surface area contributed by atoms with Crippen molar-refractivity contribution in [2.45, 2.75) is 0 Å². The van der Waals surface area contributed by atoms with Gasteiger partial charge >= 0.3 is 0 Å². The summed E-state index contributed by atoms with van der Waals surface area (Å²) < 4.78 is 1.02. The molecule has 0 radical (unpaired) electrons. The molecule has 0 aliphatic rings. The monoisotopic (exact) mass is 722 g/mol. The van der Waals surface area contributed by atoms with E-state index in [9.17, 15) is 0 Å². The standard InChI is InChI=1S/C48H30N6S/c1-5-13-31(14-6-1)33-21-23-37(24-22-33)46-52-45(35-19-11-4-12-20-35)53-47(54-46)38-27-25-36(26-28-38)44-50-41(34-17-9-3-10-18-34)43-42(51-44)40-29-39(30-49-48(40)55-43)32-15-7-2-8-16-32/h1-30H. The first kappa shape index (κ1) is 32.4. The van der Waals surface area contributed by atoms with Gasteiger partial charge < -0.3 is 0 Å². The van der Waals surface area contributed by atoms with E-state index in [0.29, 0.717) is 23.3 Å². The van der Waals surface area contributed by atoms with Gasteiger partial charge in [-0.3, -0.25) is 0 Å². The minimum Gasteiger partial charge on any atom is -0.245 e. The van der Waals surface area contributed by atoms with Crippen molar-refractivity contribution in [2.75, 3.05) is 0 Å². The number of thiophene rings is 1. The summed E-state index contributed by atoms with van der Waals surface area (Å²) in [7, 11) is 0. The molecule has 10 rings (SSSR count). The van der Waals surface area contributed by atoms with Gasteiger partial charge in [-0.1, -0.05) is 170 Å². The maximum Gasteiger partial charge on any atom is 0.164 e. The maximum absolute atomic E-state index is 5.21. The van der Waals surface area contributed by atoms with Gasteiger partial charge in [-0.05, 0) is 22.8 Å². The first-order valence-electron chi connectivity index (χ1n) is 18.0. The fourth-order valence-corrected chi connectivity index (χ4v) is 7.88. The molecule has 55 heavy (non-hydrogen) atoms. The predicted molar refractivity (Wildman–Crippen MR) is 224 cm³/mol. The summed E-state index contributed by atoms with van der Waals surface area (Å²) in [6.07, 6.45) is 1.94. The van der Waals surface area contributed by atoms with Crippen molar-refractivity contribution in [3.8, 4) is 79.1 Å². The molecule has 0 spiro atoms. The second-order valence-corrected chi connectivity index (χ2v) is 14.2. The van der Waals surface area contributed by atoms with Crippen LogP contribution in [-0.4, -0.2) is 29.9 Å². The molecule has 7 heteroatoms. The number of pyridine rings is 1. The second kappa shape index (κ2) is 14.0. The van der Waals surface area contributed by atoms with Gasteiger partial charge in [0.05, 0.1) is 15.9 Å². The van der Waals surface area contributed by atoms with Crippen molar-refractivity contribution >= 4 is 31.8 Å². The summed E-state index contributed by atoms with van der Waals surface area (Å²) in [4.78, 5) is 31.1. The Labute approximate surface area is 321 Å². The first-order valence-corrected chi connectivity index (χ1v) is 18.8. The van der Waals surface area contributed by atoms with Crippen LogP contribution in [0.2, 0.25) is 0 Å². The normalized spacial score (nSPS) is 11.3. The summed E-state index contributed by atoms with van der Waals surface area (Å²) in [5.74, 6) is 2.46. The summed E-state index contributed by atoms with van der Waals surface area (Å²) in [5, 5.41) is 1.02. The van der Waals surface area contributed by atoms with Crippen LogP contribution in [0.5, 0.6) is 0 Å². The highest BCUT2D eigenvalue weighted by molar-refractivity contribution is 7.25. The third kappa shape index (κ3) is 6.33. The van der Waals surface area contributed by atoms with Gasteiger partial charge in [0.25, 0.3) is 0 Å². The molecular formula is C48H30N6S. The van der Waals surface area contributed by atoms with E-state index in [1.54, 1.807) is 11.3 Å². The lowest BCUT2D eigenvalue weighted by Crippen LogP contribution is -2.00. The highest BCUT2D eigenvalue weighted by Crippen LogP contribution is 2.40. The summed E-state index contributed by atoms with van der Waals surface area (Å²) in [6.45, 7) is 0. The molecule has 4 aromatic heterocycles. The molecule has 0 aliphatic carbocycles. The van der Waals surface area contributed by atoms with Crippen LogP contribution in [0.4, 0.5) is 0 Å². The fraction of sp³-hybridized carbons (Fsp3) is 0. The van der Waals surface area contributed by atoms with E-state index in [1.165, 1.54) is 0 Å². The molecule has 258 valence electrons. The van der Waals surface area contributed by atoms with Crippen LogP contribution in [-0.2, 0) is 0 Å². The van der Waals surface area contributed by atoms with E-state index in [2.05, 4.69) is 78.9 Å². The lowest BCUT2D eigenvalue weighted by molar-refractivity contribution is 1.07. The topological polar surface area (TPSA) is 77.3 Å². The van der Waals surface area contributed by atoms with Gasteiger partial charge in [0.2, 0.25) is 0 Å². The second-order valence-electron chi connectivity index (χ2n) is 13.2. The highest BCUT2D eigenvalue weighted by Gasteiger charge is 2.19. The van der Waals surface area contributed by atoms with Crippen LogP contribution in [0, 0.1) is 0 Å².